The van der Waals surface area contributed by atoms with Gasteiger partial charge in [0, 0.05) is 14.1 Å². The van der Waals surface area contributed by atoms with E-state index in [1.54, 1.807) is 20.2 Å². The molecule has 3 aromatic rings. The van der Waals surface area contributed by atoms with E-state index >= 15 is 0 Å². The van der Waals surface area contributed by atoms with Crippen molar-refractivity contribution >= 4 is 44.7 Å². The molecule has 0 aliphatic heterocycles. The molecule has 10 nitrogen and oxygen atoms in total. The maximum absolute atomic E-state index is 12.3. The molecule has 0 bridgehead atoms. The normalized spacial score (nSPS) is 10.9. The lowest BCUT2D eigenvalue weighted by Crippen LogP contribution is -2.21. The maximum atomic E-state index is 12.3. The molecule has 2 heterocycles. The van der Waals surface area contributed by atoms with Crippen molar-refractivity contribution in [3.05, 3.63) is 46.9 Å². The van der Waals surface area contributed by atoms with Gasteiger partial charge in [0.2, 0.25) is 0 Å². The number of sulfonamides is 1. The molecular formula is C22H31N5O5S2. The zero-order chi connectivity index (χ0) is 25.6. The van der Waals surface area contributed by atoms with Crippen LogP contribution < -0.4 is 15.8 Å². The molecular weight excluding hydrogens is 478 g/mol. The number of aromatic nitrogens is 1. The number of rotatable bonds is 7. The van der Waals surface area contributed by atoms with Gasteiger partial charge in [-0.15, -0.1) is 0 Å². The fourth-order valence-corrected chi connectivity index (χ4v) is 4.33. The van der Waals surface area contributed by atoms with Crippen LogP contribution in [0, 0.1) is 13.8 Å². The summed E-state index contributed by atoms with van der Waals surface area (Å²) in [6.07, 6.45) is 1.25. The van der Waals surface area contributed by atoms with Crippen molar-refractivity contribution in [3.8, 4) is 5.75 Å². The molecule has 1 amide bonds. The summed E-state index contributed by atoms with van der Waals surface area (Å²) in [6.45, 7) is 8.27. The van der Waals surface area contributed by atoms with E-state index in [4.69, 9.17) is 9.56 Å². The van der Waals surface area contributed by atoms with Gasteiger partial charge in [-0.2, -0.15) is 4.37 Å². The molecule has 186 valence electrons. The molecule has 3 rings (SSSR count). The summed E-state index contributed by atoms with van der Waals surface area (Å²) in [5.74, 6) is 0.914. The Morgan fingerprint density at radius 2 is 1.91 bits per heavy atom. The number of furan rings is 1. The number of carbonyl (C=O) groups is 1. The first-order valence-corrected chi connectivity index (χ1v) is 12.8. The Labute approximate surface area is 204 Å². The second-order valence-electron chi connectivity index (χ2n) is 7.78. The van der Waals surface area contributed by atoms with E-state index in [0.717, 1.165) is 11.3 Å². The van der Waals surface area contributed by atoms with Gasteiger partial charge in [-0.3, -0.25) is 4.79 Å². The smallest absolute Gasteiger partial charge is 0.257 e. The minimum absolute atomic E-state index is 0.0615. The largest absolute Gasteiger partial charge is 0.505 e. The van der Waals surface area contributed by atoms with Crippen molar-refractivity contribution in [2.45, 2.75) is 44.9 Å². The lowest BCUT2D eigenvalue weighted by Gasteiger charge is -2.15. The maximum Gasteiger partial charge on any atom is 0.257 e. The number of anilines is 3. The molecule has 34 heavy (non-hydrogen) atoms. The fourth-order valence-electron chi connectivity index (χ4n) is 2.80. The number of nitrogens with one attached hydrogen (secondary N) is 2. The van der Waals surface area contributed by atoms with Gasteiger partial charge < -0.3 is 25.1 Å². The number of aromatic hydroxyl groups is 1. The molecule has 5 N–H and O–H groups in total. The average molecular weight is 510 g/mol. The number of amides is 1. The third kappa shape index (κ3) is 6.49. The van der Waals surface area contributed by atoms with Crippen molar-refractivity contribution in [3.63, 3.8) is 0 Å². The van der Waals surface area contributed by atoms with E-state index in [2.05, 4.69) is 28.9 Å². The Balaban J connectivity index is 0.00000129. The van der Waals surface area contributed by atoms with Crippen LogP contribution in [-0.2, 0) is 16.6 Å². The molecule has 0 unspecified atom stereocenters. The monoisotopic (exact) mass is 509 g/mol. The second kappa shape index (κ2) is 11.4. The Hall–Kier alpha value is -3.09. The van der Waals surface area contributed by atoms with Crippen LogP contribution in [0.5, 0.6) is 5.75 Å². The fraction of sp³-hybridized carbons (Fsp3) is 0.364. The number of para-hydroxylation sites is 1. The highest BCUT2D eigenvalue weighted by molar-refractivity contribution is 7.91. The van der Waals surface area contributed by atoms with Gasteiger partial charge in [0.25, 0.3) is 15.9 Å². The molecule has 0 fully saturated rings. The molecule has 0 aliphatic rings. The number of benzene rings is 1. The number of nitrogens with two attached hydrogens (primary N) is 1. The number of hydrogen-bond acceptors (Lipinski definition) is 9. The molecule has 0 atom stereocenters. The van der Waals surface area contributed by atoms with Gasteiger partial charge in [-0.05, 0) is 49.1 Å². The summed E-state index contributed by atoms with van der Waals surface area (Å²) in [5, 5.41) is 21.8. The first kappa shape index (κ1) is 27.2. The molecule has 0 spiro atoms. The number of nitrogens with zero attached hydrogens (tertiary/aromatic N) is 2. The van der Waals surface area contributed by atoms with E-state index in [1.807, 2.05) is 19.9 Å². The summed E-state index contributed by atoms with van der Waals surface area (Å²) >= 11 is 0.692. The van der Waals surface area contributed by atoms with Crippen LogP contribution >= 0.6 is 11.5 Å². The number of aryl methyl sites for hydroxylation is 2. The van der Waals surface area contributed by atoms with E-state index < -0.39 is 15.9 Å². The first-order valence-electron chi connectivity index (χ1n) is 10.5. The zero-order valence-electron chi connectivity index (χ0n) is 20.1. The Morgan fingerprint density at radius 1 is 1.26 bits per heavy atom. The van der Waals surface area contributed by atoms with E-state index in [-0.39, 0.29) is 39.3 Å². The summed E-state index contributed by atoms with van der Waals surface area (Å²) in [6, 6.07) is 6.41. The molecule has 2 aromatic heterocycles. The Kier molecular flexibility index (Phi) is 9.07. The van der Waals surface area contributed by atoms with Crippen LogP contribution in [0.15, 0.2) is 32.9 Å². The van der Waals surface area contributed by atoms with E-state index in [0.29, 0.717) is 17.3 Å². The van der Waals surface area contributed by atoms with Gasteiger partial charge in [-0.25, -0.2) is 13.6 Å². The van der Waals surface area contributed by atoms with Crippen molar-refractivity contribution in [2.75, 3.05) is 24.7 Å². The summed E-state index contributed by atoms with van der Waals surface area (Å²) in [5.41, 5.74) is 1.25. The predicted octanol–water partition coefficient (Wildman–Crippen LogP) is 4.18. The predicted molar refractivity (Wildman–Crippen MR) is 134 cm³/mol. The highest BCUT2D eigenvalue weighted by atomic mass is 32.2. The van der Waals surface area contributed by atoms with Crippen molar-refractivity contribution < 1.29 is 22.7 Å². The van der Waals surface area contributed by atoms with Gasteiger partial charge in [0.05, 0.1) is 17.8 Å². The molecule has 0 aliphatic carbocycles. The minimum Gasteiger partial charge on any atom is -0.505 e. The number of carbonyl (C=O) groups excluding carboxylic acids is 1. The summed E-state index contributed by atoms with van der Waals surface area (Å²) in [4.78, 5) is 13.6. The molecule has 0 saturated carbocycles. The van der Waals surface area contributed by atoms with Crippen LogP contribution in [-0.4, -0.2) is 42.8 Å². The standard InChI is InChI=1S/C19H23N5O5S2.C3H8/c1-10-8-12(29-11(10)2)9-21-17-15(19(30-23-17)31(20,27)28)22-14-7-5-6-13(16(14)25)18(26)24(3)4;1-3-2/h5-8,22,25H,9H2,1-4H3,(H,21,23)(H2,20,27,28);3H2,1-2H3. The van der Waals surface area contributed by atoms with Crippen molar-refractivity contribution in [1.29, 1.82) is 0 Å². The minimum atomic E-state index is -4.10. The molecule has 12 heteroatoms. The topological polar surface area (TPSA) is 151 Å². The van der Waals surface area contributed by atoms with Gasteiger partial charge in [0.15, 0.2) is 15.8 Å². The van der Waals surface area contributed by atoms with E-state index in [9.17, 15) is 18.3 Å². The number of hydrogen-bond donors (Lipinski definition) is 4. The molecule has 0 saturated heterocycles. The van der Waals surface area contributed by atoms with Crippen LogP contribution in [0.4, 0.5) is 17.2 Å². The Bertz CT molecular complexity index is 1230. The Morgan fingerprint density at radius 3 is 2.44 bits per heavy atom. The highest BCUT2D eigenvalue weighted by Crippen LogP contribution is 2.38. The highest BCUT2D eigenvalue weighted by Gasteiger charge is 2.25. The lowest BCUT2D eigenvalue weighted by molar-refractivity contribution is 0.0824. The van der Waals surface area contributed by atoms with Crippen LogP contribution in [0.1, 0.15) is 47.7 Å². The SMILES string of the molecule is CCC.Cc1cc(CNc2nsc(S(N)(=O)=O)c2Nc2cccc(C(=O)N(C)C)c2O)oc1C. The number of phenolic OH excluding ortho intramolecular Hbond substituents is 1. The molecule has 0 radical (unpaired) electrons. The molecule has 1 aromatic carbocycles. The summed E-state index contributed by atoms with van der Waals surface area (Å²) in [7, 11) is -0.979. The average Bonchev–Trinajstić information content (AvgIpc) is 3.30. The van der Waals surface area contributed by atoms with Gasteiger partial charge in [0.1, 0.15) is 17.2 Å². The van der Waals surface area contributed by atoms with Gasteiger partial charge in [-0.1, -0.05) is 26.3 Å². The zero-order valence-corrected chi connectivity index (χ0v) is 21.7. The quantitative estimate of drug-likeness (QED) is 0.346. The number of primary sulfonamides is 1. The van der Waals surface area contributed by atoms with Crippen LogP contribution in [0.25, 0.3) is 0 Å². The van der Waals surface area contributed by atoms with Gasteiger partial charge >= 0.3 is 0 Å². The lowest BCUT2D eigenvalue weighted by atomic mass is 10.1. The van der Waals surface area contributed by atoms with Crippen molar-refractivity contribution in [2.24, 2.45) is 5.14 Å². The van der Waals surface area contributed by atoms with Crippen LogP contribution in [0.2, 0.25) is 0 Å². The number of phenols is 1. The van der Waals surface area contributed by atoms with Crippen molar-refractivity contribution in [1.82, 2.24) is 9.27 Å². The summed E-state index contributed by atoms with van der Waals surface area (Å²) < 4.78 is 33.7. The third-order valence-electron chi connectivity index (χ3n) is 4.50. The second-order valence-corrected chi connectivity index (χ2v) is 10.3. The van der Waals surface area contributed by atoms with E-state index in [1.165, 1.54) is 23.5 Å². The van der Waals surface area contributed by atoms with Crippen LogP contribution in [0.3, 0.4) is 0 Å². The third-order valence-corrected chi connectivity index (χ3v) is 6.78. The first-order chi connectivity index (χ1) is 15.9.